The Bertz CT molecular complexity index is 1060. The Morgan fingerprint density at radius 3 is 2.72 bits per heavy atom. The van der Waals surface area contributed by atoms with Gasteiger partial charge in [0, 0.05) is 0 Å². The molecule has 1 fully saturated rings. The van der Waals surface area contributed by atoms with Crippen molar-refractivity contribution >= 4 is 16.7 Å². The zero-order valence-electron chi connectivity index (χ0n) is 16.1. The molecule has 148 valence electrons. The highest BCUT2D eigenvalue weighted by atomic mass is 16.7. The van der Waals surface area contributed by atoms with Gasteiger partial charge in [-0.2, -0.15) is 0 Å². The molecule has 0 spiro atoms. The number of rotatable bonds is 4. The average molecular weight is 389 g/mol. The normalized spacial score (nSPS) is 19.9. The number of piperidine rings is 1. The Balaban J connectivity index is 1.69. The van der Waals surface area contributed by atoms with Crippen LogP contribution >= 0.6 is 0 Å². The van der Waals surface area contributed by atoms with Gasteiger partial charge in [-0.05, 0) is 53.4 Å². The summed E-state index contributed by atoms with van der Waals surface area (Å²) in [7, 11) is 0. The molecule has 5 nitrogen and oxygen atoms in total. The van der Waals surface area contributed by atoms with Crippen LogP contribution in [0.3, 0.4) is 0 Å². The molecule has 1 saturated heterocycles. The highest BCUT2D eigenvalue weighted by Gasteiger charge is 2.36. The Labute approximate surface area is 169 Å². The maximum atomic E-state index is 12.1. The van der Waals surface area contributed by atoms with Crippen LogP contribution in [-0.2, 0) is 4.79 Å². The predicted molar refractivity (Wildman–Crippen MR) is 110 cm³/mol. The first-order chi connectivity index (χ1) is 14.2. The van der Waals surface area contributed by atoms with Gasteiger partial charge >= 0.3 is 5.97 Å². The van der Waals surface area contributed by atoms with Gasteiger partial charge in [-0.3, -0.25) is 9.69 Å². The Morgan fingerprint density at radius 1 is 1.00 bits per heavy atom. The molecule has 0 radical (unpaired) electrons. The minimum absolute atomic E-state index is 0.169. The number of fused-ring (bicyclic) bond motifs is 2. The molecule has 2 atom stereocenters. The minimum atomic E-state index is -0.754. The number of benzene rings is 3. The molecule has 0 aromatic heterocycles. The van der Waals surface area contributed by atoms with Crippen molar-refractivity contribution in [3.05, 3.63) is 71.8 Å². The molecule has 2 unspecified atom stereocenters. The SMILES string of the molecule is O=C(O)C1CCCCN1C(c1ccc2c(c1)OCO2)c1cccc2ccccc12. The van der Waals surface area contributed by atoms with Crippen LogP contribution in [-0.4, -0.2) is 35.4 Å². The van der Waals surface area contributed by atoms with Crippen LogP contribution in [0.25, 0.3) is 10.8 Å². The standard InChI is InChI=1S/C24H23NO4/c26-24(27)20-10-3-4-13-25(20)23(17-11-12-21-22(14-17)29-15-28-21)19-9-5-7-16-6-1-2-8-18(16)19/h1-2,5-9,11-12,14,20,23H,3-4,10,13,15H2,(H,26,27). The maximum Gasteiger partial charge on any atom is 0.320 e. The number of likely N-dealkylation sites (tertiary alicyclic amines) is 1. The van der Waals surface area contributed by atoms with Crippen LogP contribution in [0.1, 0.15) is 36.4 Å². The van der Waals surface area contributed by atoms with Crippen LogP contribution in [0.5, 0.6) is 11.5 Å². The lowest BCUT2D eigenvalue weighted by Gasteiger charge is -2.40. The monoisotopic (exact) mass is 389 g/mol. The topological polar surface area (TPSA) is 59.0 Å². The molecule has 1 N–H and O–H groups in total. The van der Waals surface area contributed by atoms with Crippen LogP contribution in [0.15, 0.2) is 60.7 Å². The van der Waals surface area contributed by atoms with Gasteiger partial charge in [0.25, 0.3) is 0 Å². The van der Waals surface area contributed by atoms with Gasteiger partial charge in [-0.1, -0.05) is 55.0 Å². The van der Waals surface area contributed by atoms with E-state index in [4.69, 9.17) is 9.47 Å². The summed E-state index contributed by atoms with van der Waals surface area (Å²) in [4.78, 5) is 14.2. The van der Waals surface area contributed by atoms with Crippen LogP contribution in [0, 0.1) is 0 Å². The van der Waals surface area contributed by atoms with Crippen molar-refractivity contribution in [2.45, 2.75) is 31.3 Å². The molecule has 3 aromatic carbocycles. The van der Waals surface area contributed by atoms with Crippen molar-refractivity contribution in [3.63, 3.8) is 0 Å². The fraction of sp³-hybridized carbons (Fsp3) is 0.292. The second kappa shape index (κ2) is 7.41. The third kappa shape index (κ3) is 3.21. The predicted octanol–water partition coefficient (Wildman–Crippen LogP) is 4.60. The van der Waals surface area contributed by atoms with Crippen molar-refractivity contribution in [2.75, 3.05) is 13.3 Å². The molecule has 3 aromatic rings. The smallest absolute Gasteiger partial charge is 0.320 e. The molecular weight excluding hydrogens is 366 g/mol. The van der Waals surface area contributed by atoms with Crippen LogP contribution in [0.4, 0.5) is 0 Å². The van der Waals surface area contributed by atoms with Gasteiger partial charge in [-0.25, -0.2) is 0 Å². The largest absolute Gasteiger partial charge is 0.480 e. The number of nitrogens with zero attached hydrogens (tertiary/aromatic N) is 1. The molecular formula is C24H23NO4. The number of carbonyl (C=O) groups is 1. The van der Waals surface area contributed by atoms with Gasteiger partial charge in [0.05, 0.1) is 6.04 Å². The first kappa shape index (κ1) is 18.0. The summed E-state index contributed by atoms with van der Waals surface area (Å²) in [5, 5.41) is 12.2. The average Bonchev–Trinajstić information content (AvgIpc) is 3.22. The summed E-state index contributed by atoms with van der Waals surface area (Å²) in [5.74, 6) is 0.700. The lowest BCUT2D eigenvalue weighted by molar-refractivity contribution is -0.145. The molecule has 0 aliphatic carbocycles. The van der Waals surface area contributed by atoms with E-state index in [1.54, 1.807) is 0 Å². The van der Waals surface area contributed by atoms with Crippen molar-refractivity contribution in [3.8, 4) is 11.5 Å². The quantitative estimate of drug-likeness (QED) is 0.707. The zero-order chi connectivity index (χ0) is 19.8. The van der Waals surface area contributed by atoms with E-state index in [0.717, 1.165) is 52.8 Å². The highest BCUT2D eigenvalue weighted by molar-refractivity contribution is 5.86. The molecule has 5 heteroatoms. The Hall–Kier alpha value is -3.05. The lowest BCUT2D eigenvalue weighted by atomic mass is 9.89. The van der Waals surface area contributed by atoms with Crippen LogP contribution in [0.2, 0.25) is 0 Å². The van der Waals surface area contributed by atoms with Crippen molar-refractivity contribution in [1.82, 2.24) is 4.90 Å². The fourth-order valence-electron chi connectivity index (χ4n) is 4.65. The van der Waals surface area contributed by atoms with E-state index in [2.05, 4.69) is 35.2 Å². The summed E-state index contributed by atoms with van der Waals surface area (Å²) >= 11 is 0. The number of hydrogen-bond donors (Lipinski definition) is 1. The number of carboxylic acids is 1. The van der Waals surface area contributed by atoms with Crippen LogP contribution < -0.4 is 9.47 Å². The molecule has 0 saturated carbocycles. The summed E-state index contributed by atoms with van der Waals surface area (Å²) in [6, 6.07) is 19.8. The number of aliphatic carboxylic acids is 1. The second-order valence-corrected chi connectivity index (χ2v) is 7.67. The summed E-state index contributed by atoms with van der Waals surface area (Å²) in [6.45, 7) is 0.971. The molecule has 2 heterocycles. The van der Waals surface area contributed by atoms with E-state index in [1.807, 2.05) is 30.3 Å². The van der Waals surface area contributed by atoms with Gasteiger partial charge in [0.2, 0.25) is 6.79 Å². The Morgan fingerprint density at radius 2 is 1.83 bits per heavy atom. The first-order valence-electron chi connectivity index (χ1n) is 10.1. The van der Waals surface area contributed by atoms with Gasteiger partial charge in [0.1, 0.15) is 6.04 Å². The van der Waals surface area contributed by atoms with Crippen molar-refractivity contribution < 1.29 is 19.4 Å². The van der Waals surface area contributed by atoms with Gasteiger partial charge in [-0.15, -0.1) is 0 Å². The third-order valence-corrected chi connectivity index (χ3v) is 5.99. The van der Waals surface area contributed by atoms with E-state index >= 15 is 0 Å². The van der Waals surface area contributed by atoms with E-state index in [1.165, 1.54) is 0 Å². The maximum absolute atomic E-state index is 12.1. The lowest BCUT2D eigenvalue weighted by Crippen LogP contribution is -2.46. The molecule has 2 aliphatic heterocycles. The molecule has 0 amide bonds. The Kier molecular flexibility index (Phi) is 4.60. The minimum Gasteiger partial charge on any atom is -0.480 e. The molecule has 29 heavy (non-hydrogen) atoms. The third-order valence-electron chi connectivity index (χ3n) is 5.99. The highest BCUT2D eigenvalue weighted by Crippen LogP contribution is 2.41. The first-order valence-corrected chi connectivity index (χ1v) is 10.1. The molecule has 5 rings (SSSR count). The zero-order valence-corrected chi connectivity index (χ0v) is 16.1. The van der Waals surface area contributed by atoms with Gasteiger partial charge < -0.3 is 14.6 Å². The van der Waals surface area contributed by atoms with E-state index in [9.17, 15) is 9.90 Å². The number of ether oxygens (including phenoxy) is 2. The summed E-state index contributed by atoms with van der Waals surface area (Å²) < 4.78 is 11.1. The molecule has 0 bridgehead atoms. The number of hydrogen-bond acceptors (Lipinski definition) is 4. The van der Waals surface area contributed by atoms with E-state index in [0.29, 0.717) is 6.42 Å². The number of carboxylic acid groups (broad SMARTS) is 1. The fourth-order valence-corrected chi connectivity index (χ4v) is 4.65. The second-order valence-electron chi connectivity index (χ2n) is 7.67. The van der Waals surface area contributed by atoms with E-state index in [-0.39, 0.29) is 12.8 Å². The van der Waals surface area contributed by atoms with E-state index < -0.39 is 12.0 Å². The van der Waals surface area contributed by atoms with Crippen molar-refractivity contribution in [1.29, 1.82) is 0 Å². The molecule has 2 aliphatic rings. The summed E-state index contributed by atoms with van der Waals surface area (Å²) in [6.07, 6.45) is 2.60. The summed E-state index contributed by atoms with van der Waals surface area (Å²) in [5.41, 5.74) is 2.15. The van der Waals surface area contributed by atoms with Crippen molar-refractivity contribution in [2.24, 2.45) is 0 Å². The van der Waals surface area contributed by atoms with Gasteiger partial charge in [0.15, 0.2) is 11.5 Å².